The second-order valence-electron chi connectivity index (χ2n) is 6.27. The van der Waals surface area contributed by atoms with E-state index in [4.69, 9.17) is 4.74 Å². The first-order valence-electron chi connectivity index (χ1n) is 8.51. The van der Waals surface area contributed by atoms with Crippen molar-refractivity contribution < 1.29 is 9.53 Å². The van der Waals surface area contributed by atoms with Crippen molar-refractivity contribution in [3.05, 3.63) is 35.4 Å². The first-order valence-corrected chi connectivity index (χ1v) is 8.51. The van der Waals surface area contributed by atoms with Gasteiger partial charge in [-0.2, -0.15) is 0 Å². The molecule has 0 radical (unpaired) electrons. The van der Waals surface area contributed by atoms with Gasteiger partial charge in [0, 0.05) is 12.5 Å². The smallest absolute Gasteiger partial charge is 0.310 e. The summed E-state index contributed by atoms with van der Waals surface area (Å²) in [6.45, 7) is 4.32. The molecule has 0 bridgehead atoms. The molecule has 1 unspecified atom stereocenters. The number of ether oxygens (including phenoxy) is 1. The van der Waals surface area contributed by atoms with E-state index in [0.717, 1.165) is 0 Å². The molecule has 1 aliphatic heterocycles. The molecule has 3 heteroatoms. The van der Waals surface area contributed by atoms with Crippen molar-refractivity contribution in [1.82, 2.24) is 4.90 Å². The van der Waals surface area contributed by atoms with Crippen LogP contribution in [0.25, 0.3) is 6.08 Å². The van der Waals surface area contributed by atoms with E-state index in [2.05, 4.69) is 11.0 Å². The standard InChI is InChI=1S/C19H25NO2/c1-2-19(21)22-17-10-8-15(9-11-17)14-16-6-3-4-7-18(16)20-12-5-13-20/h8-11,14,18H,2-7,12-13H2,1H3/b16-14+. The number of carbonyl (C=O) groups is 1. The molecule has 0 N–H and O–H groups in total. The first-order chi connectivity index (χ1) is 10.8. The third-order valence-corrected chi connectivity index (χ3v) is 4.70. The number of esters is 1. The maximum absolute atomic E-state index is 11.3. The molecule has 1 saturated heterocycles. The van der Waals surface area contributed by atoms with Crippen molar-refractivity contribution in [2.75, 3.05) is 13.1 Å². The molecule has 0 aromatic heterocycles. The van der Waals surface area contributed by atoms with E-state index in [9.17, 15) is 4.79 Å². The fourth-order valence-electron chi connectivity index (χ4n) is 3.31. The number of hydrogen-bond donors (Lipinski definition) is 0. The van der Waals surface area contributed by atoms with Gasteiger partial charge in [0.05, 0.1) is 0 Å². The van der Waals surface area contributed by atoms with Gasteiger partial charge in [0.25, 0.3) is 0 Å². The molecule has 118 valence electrons. The molecule has 3 nitrogen and oxygen atoms in total. The molecule has 1 heterocycles. The van der Waals surface area contributed by atoms with Crippen LogP contribution in [0.5, 0.6) is 5.75 Å². The van der Waals surface area contributed by atoms with Crippen molar-refractivity contribution in [3.8, 4) is 5.75 Å². The Morgan fingerprint density at radius 2 is 2.00 bits per heavy atom. The van der Waals surface area contributed by atoms with Crippen LogP contribution < -0.4 is 4.74 Å². The van der Waals surface area contributed by atoms with Gasteiger partial charge in [-0.25, -0.2) is 0 Å². The van der Waals surface area contributed by atoms with E-state index in [1.54, 1.807) is 12.5 Å². The summed E-state index contributed by atoms with van der Waals surface area (Å²) in [6, 6.07) is 8.53. The maximum atomic E-state index is 11.3. The predicted octanol–water partition coefficient (Wildman–Crippen LogP) is 4.03. The number of hydrogen-bond acceptors (Lipinski definition) is 3. The minimum absolute atomic E-state index is 0.184. The van der Waals surface area contributed by atoms with Crippen molar-refractivity contribution in [2.24, 2.45) is 0 Å². The zero-order valence-electron chi connectivity index (χ0n) is 13.4. The van der Waals surface area contributed by atoms with Crippen LogP contribution in [-0.4, -0.2) is 30.0 Å². The monoisotopic (exact) mass is 299 g/mol. The van der Waals surface area contributed by atoms with Gasteiger partial charge in [0.15, 0.2) is 0 Å². The van der Waals surface area contributed by atoms with Crippen molar-refractivity contribution in [3.63, 3.8) is 0 Å². The SMILES string of the molecule is CCC(=O)Oc1ccc(/C=C2\CCCCC2N2CCC2)cc1. The number of rotatable bonds is 4. The fraction of sp³-hybridized carbons (Fsp3) is 0.526. The van der Waals surface area contributed by atoms with Crippen LogP contribution in [-0.2, 0) is 4.79 Å². The summed E-state index contributed by atoms with van der Waals surface area (Å²) in [5, 5.41) is 0. The van der Waals surface area contributed by atoms with Gasteiger partial charge in [0.1, 0.15) is 5.75 Å². The molecular formula is C19H25NO2. The molecule has 3 rings (SSSR count). The van der Waals surface area contributed by atoms with E-state index < -0.39 is 0 Å². The average molecular weight is 299 g/mol. The van der Waals surface area contributed by atoms with Gasteiger partial charge in [-0.3, -0.25) is 9.69 Å². The van der Waals surface area contributed by atoms with E-state index >= 15 is 0 Å². The molecule has 22 heavy (non-hydrogen) atoms. The number of nitrogens with zero attached hydrogens (tertiary/aromatic N) is 1. The second kappa shape index (κ2) is 7.10. The lowest BCUT2D eigenvalue weighted by Gasteiger charge is -2.42. The maximum Gasteiger partial charge on any atom is 0.310 e. The van der Waals surface area contributed by atoms with E-state index in [-0.39, 0.29) is 5.97 Å². The second-order valence-corrected chi connectivity index (χ2v) is 6.27. The Kier molecular flexibility index (Phi) is 4.94. The van der Waals surface area contributed by atoms with Crippen molar-refractivity contribution in [1.29, 1.82) is 0 Å². The quantitative estimate of drug-likeness (QED) is 0.621. The zero-order valence-corrected chi connectivity index (χ0v) is 13.4. The van der Waals surface area contributed by atoms with Crippen LogP contribution in [0.3, 0.4) is 0 Å². The first kappa shape index (κ1) is 15.3. The molecule has 1 atom stereocenters. The van der Waals surface area contributed by atoms with Crippen LogP contribution >= 0.6 is 0 Å². The number of benzene rings is 1. The van der Waals surface area contributed by atoms with Gasteiger partial charge in [0.2, 0.25) is 0 Å². The Morgan fingerprint density at radius 1 is 1.23 bits per heavy atom. The summed E-state index contributed by atoms with van der Waals surface area (Å²) < 4.78 is 5.23. The molecule has 2 aliphatic rings. The summed E-state index contributed by atoms with van der Waals surface area (Å²) in [6.07, 6.45) is 9.27. The average Bonchev–Trinajstić information content (AvgIpc) is 2.49. The molecular weight excluding hydrogens is 274 g/mol. The zero-order chi connectivity index (χ0) is 15.4. The van der Waals surface area contributed by atoms with Gasteiger partial charge in [-0.1, -0.05) is 37.1 Å². The summed E-state index contributed by atoms with van der Waals surface area (Å²) in [5.74, 6) is 0.452. The fourth-order valence-corrected chi connectivity index (χ4v) is 3.31. The molecule has 1 aliphatic carbocycles. The topological polar surface area (TPSA) is 29.5 Å². The highest BCUT2D eigenvalue weighted by molar-refractivity contribution is 5.72. The minimum atomic E-state index is -0.184. The summed E-state index contributed by atoms with van der Waals surface area (Å²) >= 11 is 0. The highest BCUT2D eigenvalue weighted by Gasteiger charge is 2.28. The van der Waals surface area contributed by atoms with Gasteiger partial charge >= 0.3 is 5.97 Å². The highest BCUT2D eigenvalue weighted by Crippen LogP contribution is 2.32. The Labute approximate surface area is 133 Å². The van der Waals surface area contributed by atoms with Crippen LogP contribution in [0, 0.1) is 0 Å². The molecule has 1 aromatic rings. The summed E-state index contributed by atoms with van der Waals surface area (Å²) in [5.41, 5.74) is 2.78. The Hall–Kier alpha value is -1.61. The number of carbonyl (C=O) groups excluding carboxylic acids is 1. The summed E-state index contributed by atoms with van der Waals surface area (Å²) in [7, 11) is 0. The van der Waals surface area contributed by atoms with Gasteiger partial charge in [-0.15, -0.1) is 0 Å². The van der Waals surface area contributed by atoms with Gasteiger partial charge in [-0.05, 0) is 56.5 Å². The van der Waals surface area contributed by atoms with Crippen LogP contribution in [0.4, 0.5) is 0 Å². The molecule has 2 fully saturated rings. The lowest BCUT2D eigenvalue weighted by atomic mass is 9.86. The van der Waals surface area contributed by atoms with Crippen molar-refractivity contribution in [2.45, 2.75) is 51.5 Å². The highest BCUT2D eigenvalue weighted by atomic mass is 16.5. The van der Waals surface area contributed by atoms with E-state index in [1.807, 2.05) is 24.3 Å². The van der Waals surface area contributed by atoms with Crippen molar-refractivity contribution >= 4 is 12.0 Å². The minimum Gasteiger partial charge on any atom is -0.427 e. The van der Waals surface area contributed by atoms with E-state index in [1.165, 1.54) is 50.8 Å². The normalized spacial score (nSPS) is 24.0. The lowest BCUT2D eigenvalue weighted by molar-refractivity contribution is -0.134. The Bertz CT molecular complexity index is 543. The van der Waals surface area contributed by atoms with E-state index in [0.29, 0.717) is 18.2 Å². The molecule has 1 aromatic carbocycles. The van der Waals surface area contributed by atoms with Gasteiger partial charge < -0.3 is 4.74 Å². The third kappa shape index (κ3) is 3.58. The third-order valence-electron chi connectivity index (χ3n) is 4.70. The molecule has 0 spiro atoms. The Morgan fingerprint density at radius 3 is 2.64 bits per heavy atom. The Balaban J connectivity index is 1.70. The van der Waals surface area contributed by atoms with Crippen LogP contribution in [0.1, 0.15) is 51.0 Å². The molecule has 1 saturated carbocycles. The van der Waals surface area contributed by atoms with Crippen LogP contribution in [0.15, 0.2) is 29.8 Å². The summed E-state index contributed by atoms with van der Waals surface area (Å²) in [4.78, 5) is 13.9. The largest absolute Gasteiger partial charge is 0.427 e. The molecule has 0 amide bonds. The predicted molar refractivity (Wildman–Crippen MR) is 88.8 cm³/mol. The van der Waals surface area contributed by atoms with Crippen LogP contribution in [0.2, 0.25) is 0 Å². The lowest BCUT2D eigenvalue weighted by Crippen LogP contribution is -2.46. The number of likely N-dealkylation sites (tertiary alicyclic amines) is 1.